The van der Waals surface area contributed by atoms with E-state index in [0.717, 1.165) is 0 Å². The molecule has 2 amide bonds. The van der Waals surface area contributed by atoms with Gasteiger partial charge in [0, 0.05) is 22.9 Å². The van der Waals surface area contributed by atoms with Crippen LogP contribution in [0.25, 0.3) is 0 Å². The molecule has 1 rings (SSSR count). The van der Waals surface area contributed by atoms with Crippen LogP contribution >= 0.6 is 23.2 Å². The van der Waals surface area contributed by atoms with Crippen molar-refractivity contribution >= 4 is 35.4 Å². The van der Waals surface area contributed by atoms with Crippen LogP contribution in [0.3, 0.4) is 0 Å². The average molecular weight is 365 g/mol. The Morgan fingerprint density at radius 1 is 0.913 bits per heavy atom. The number of nitrogens with two attached hydrogens (primary N) is 2. The SMILES string of the molecule is COc1c(OC(N)=O)c(CCCl)c(C)c(CCCl)c1OC(N)=O. The molecule has 0 unspecified atom stereocenters. The van der Waals surface area contributed by atoms with Crippen molar-refractivity contribution in [3.05, 3.63) is 16.7 Å². The van der Waals surface area contributed by atoms with Crippen LogP contribution in [0.15, 0.2) is 0 Å². The normalized spacial score (nSPS) is 10.3. The van der Waals surface area contributed by atoms with Gasteiger partial charge in [-0.3, -0.25) is 0 Å². The molecule has 0 aliphatic heterocycles. The van der Waals surface area contributed by atoms with Gasteiger partial charge in [-0.25, -0.2) is 9.59 Å². The van der Waals surface area contributed by atoms with Gasteiger partial charge < -0.3 is 25.7 Å². The zero-order valence-corrected chi connectivity index (χ0v) is 14.3. The molecule has 0 atom stereocenters. The molecule has 0 spiro atoms. The van der Waals surface area contributed by atoms with E-state index in [2.05, 4.69) is 0 Å². The maximum absolute atomic E-state index is 11.2. The molecule has 0 aliphatic carbocycles. The Hall–Kier alpha value is -1.86. The second kappa shape index (κ2) is 8.69. The molecule has 7 nitrogen and oxygen atoms in total. The molecule has 0 saturated carbocycles. The quantitative estimate of drug-likeness (QED) is 0.721. The number of ether oxygens (including phenoxy) is 3. The molecule has 0 radical (unpaired) electrons. The highest BCUT2D eigenvalue weighted by Crippen LogP contribution is 2.46. The van der Waals surface area contributed by atoms with Gasteiger partial charge in [0.2, 0.25) is 5.75 Å². The summed E-state index contributed by atoms with van der Waals surface area (Å²) in [6, 6.07) is 0. The molecule has 9 heteroatoms. The number of alkyl halides is 2. The van der Waals surface area contributed by atoms with Gasteiger partial charge in [-0.2, -0.15) is 0 Å². The second-order valence-corrected chi connectivity index (χ2v) is 5.25. The molecule has 0 aromatic heterocycles. The van der Waals surface area contributed by atoms with Gasteiger partial charge in [0.15, 0.2) is 11.5 Å². The highest BCUT2D eigenvalue weighted by Gasteiger charge is 2.27. The van der Waals surface area contributed by atoms with Crippen molar-refractivity contribution in [2.24, 2.45) is 11.5 Å². The van der Waals surface area contributed by atoms with E-state index in [9.17, 15) is 9.59 Å². The van der Waals surface area contributed by atoms with Crippen molar-refractivity contribution in [3.8, 4) is 17.2 Å². The molecule has 0 bridgehead atoms. The summed E-state index contributed by atoms with van der Waals surface area (Å²) in [5, 5.41) is 0. The molecule has 23 heavy (non-hydrogen) atoms. The highest BCUT2D eigenvalue weighted by molar-refractivity contribution is 6.18. The average Bonchev–Trinajstić information content (AvgIpc) is 2.46. The zero-order valence-electron chi connectivity index (χ0n) is 12.8. The monoisotopic (exact) mass is 364 g/mol. The standard InChI is InChI=1S/C14H18Cl2N2O5/c1-7-8(3-5-15)10(22-13(17)19)12(21-2)11(23-14(18)20)9(7)4-6-16/h3-6H2,1-2H3,(H2,17,19)(H2,18,20). The van der Waals surface area contributed by atoms with Crippen molar-refractivity contribution in [1.82, 2.24) is 0 Å². The van der Waals surface area contributed by atoms with Crippen LogP contribution in [0.5, 0.6) is 17.2 Å². The fourth-order valence-electron chi connectivity index (χ4n) is 2.29. The van der Waals surface area contributed by atoms with Crippen molar-refractivity contribution in [1.29, 1.82) is 0 Å². The van der Waals surface area contributed by atoms with E-state index in [0.29, 0.717) is 29.5 Å². The highest BCUT2D eigenvalue weighted by atomic mass is 35.5. The number of rotatable bonds is 7. The van der Waals surface area contributed by atoms with E-state index < -0.39 is 12.2 Å². The molecular formula is C14H18Cl2N2O5. The summed E-state index contributed by atoms with van der Waals surface area (Å²) in [6.45, 7) is 1.77. The van der Waals surface area contributed by atoms with Crippen LogP contribution in [0.1, 0.15) is 16.7 Å². The minimum Gasteiger partial charge on any atom is -0.490 e. The first-order valence-electron chi connectivity index (χ1n) is 6.66. The molecule has 4 N–H and O–H groups in total. The van der Waals surface area contributed by atoms with Crippen LogP contribution in [0.4, 0.5) is 9.59 Å². The smallest absolute Gasteiger partial charge is 0.410 e. The number of amides is 2. The van der Waals surface area contributed by atoms with E-state index >= 15 is 0 Å². The van der Waals surface area contributed by atoms with E-state index in [1.807, 2.05) is 0 Å². The Bertz CT molecular complexity index is 560. The number of hydrogen-bond donors (Lipinski definition) is 2. The van der Waals surface area contributed by atoms with E-state index in [-0.39, 0.29) is 29.0 Å². The Morgan fingerprint density at radius 3 is 1.57 bits per heavy atom. The summed E-state index contributed by atoms with van der Waals surface area (Å²) in [6.07, 6.45) is -1.29. The van der Waals surface area contributed by atoms with Crippen LogP contribution in [-0.4, -0.2) is 31.1 Å². The molecule has 1 aromatic rings. The predicted octanol–water partition coefficient (Wildman–Crippen LogP) is 2.48. The number of methoxy groups -OCH3 is 1. The first-order valence-corrected chi connectivity index (χ1v) is 7.73. The summed E-state index contributed by atoms with van der Waals surface area (Å²) < 4.78 is 15.3. The third-order valence-electron chi connectivity index (χ3n) is 3.16. The van der Waals surface area contributed by atoms with Gasteiger partial charge >= 0.3 is 12.2 Å². The lowest BCUT2D eigenvalue weighted by atomic mass is 9.95. The second-order valence-electron chi connectivity index (χ2n) is 4.49. The van der Waals surface area contributed by atoms with Gasteiger partial charge in [-0.1, -0.05) is 0 Å². The summed E-state index contributed by atoms with van der Waals surface area (Å²) in [4.78, 5) is 22.4. The Labute approximate surface area is 143 Å². The van der Waals surface area contributed by atoms with Crippen molar-refractivity contribution in [2.45, 2.75) is 19.8 Å². The van der Waals surface area contributed by atoms with Crippen molar-refractivity contribution < 1.29 is 23.8 Å². The minimum atomic E-state index is -1.03. The maximum atomic E-state index is 11.2. The number of primary amides is 2. The van der Waals surface area contributed by atoms with E-state index in [1.54, 1.807) is 6.92 Å². The van der Waals surface area contributed by atoms with Crippen LogP contribution in [-0.2, 0) is 12.8 Å². The lowest BCUT2D eigenvalue weighted by Gasteiger charge is -2.21. The van der Waals surface area contributed by atoms with Gasteiger partial charge in [0.25, 0.3) is 0 Å². The molecular weight excluding hydrogens is 347 g/mol. The van der Waals surface area contributed by atoms with Crippen molar-refractivity contribution in [2.75, 3.05) is 18.9 Å². The molecule has 0 saturated heterocycles. The molecule has 0 heterocycles. The first kappa shape index (κ1) is 19.2. The molecule has 128 valence electrons. The fraction of sp³-hybridized carbons (Fsp3) is 0.429. The maximum Gasteiger partial charge on any atom is 0.410 e. The number of carbonyl (C=O) groups is 2. The fourth-order valence-corrected chi connectivity index (χ4v) is 2.67. The molecule has 0 fully saturated rings. The molecule has 0 aliphatic rings. The van der Waals surface area contributed by atoms with Crippen LogP contribution < -0.4 is 25.7 Å². The molecule has 1 aromatic carbocycles. The third kappa shape index (κ3) is 4.56. The predicted molar refractivity (Wildman–Crippen MR) is 87.0 cm³/mol. The van der Waals surface area contributed by atoms with E-state index in [1.165, 1.54) is 7.11 Å². The zero-order chi connectivity index (χ0) is 17.6. The lowest BCUT2D eigenvalue weighted by molar-refractivity contribution is 0.204. The summed E-state index contributed by atoms with van der Waals surface area (Å²) >= 11 is 11.6. The minimum absolute atomic E-state index is 0.0356. The number of carbonyl (C=O) groups excluding carboxylic acids is 2. The topological polar surface area (TPSA) is 114 Å². The Balaban J connectivity index is 3.73. The number of benzene rings is 1. The largest absolute Gasteiger partial charge is 0.490 e. The number of hydrogen-bond acceptors (Lipinski definition) is 5. The van der Waals surface area contributed by atoms with E-state index in [4.69, 9.17) is 48.9 Å². The number of halogens is 2. The van der Waals surface area contributed by atoms with Gasteiger partial charge in [-0.05, 0) is 25.3 Å². The van der Waals surface area contributed by atoms with Gasteiger partial charge in [-0.15, -0.1) is 23.2 Å². The van der Waals surface area contributed by atoms with Crippen molar-refractivity contribution in [3.63, 3.8) is 0 Å². The van der Waals surface area contributed by atoms with Gasteiger partial charge in [0.05, 0.1) is 7.11 Å². The summed E-state index contributed by atoms with van der Waals surface area (Å²) in [7, 11) is 1.33. The van der Waals surface area contributed by atoms with Gasteiger partial charge in [0.1, 0.15) is 0 Å². The Morgan fingerprint density at radius 2 is 1.30 bits per heavy atom. The Kier molecular flexibility index (Phi) is 7.25. The van der Waals surface area contributed by atoms with Crippen LogP contribution in [0, 0.1) is 6.92 Å². The first-order chi connectivity index (χ1) is 10.9. The summed E-state index contributed by atoms with van der Waals surface area (Å²) in [5.74, 6) is 0.680. The lowest BCUT2D eigenvalue weighted by Crippen LogP contribution is -2.21. The van der Waals surface area contributed by atoms with Crippen LogP contribution in [0.2, 0.25) is 0 Å². The third-order valence-corrected chi connectivity index (χ3v) is 3.54. The summed E-state index contributed by atoms with van der Waals surface area (Å²) in [5.41, 5.74) is 12.2.